The molecule has 5 heterocycles. The van der Waals surface area contributed by atoms with Crippen molar-refractivity contribution in [3.8, 4) is 0 Å². The number of hydrogen-bond donors (Lipinski definition) is 1. The molecule has 2 aromatic rings. The molecule has 0 atom stereocenters. The van der Waals surface area contributed by atoms with Gasteiger partial charge in [-0.1, -0.05) is 0 Å². The second-order valence-corrected chi connectivity index (χ2v) is 10.1. The van der Waals surface area contributed by atoms with Crippen LogP contribution in [0.15, 0.2) is 34.3 Å². The van der Waals surface area contributed by atoms with Crippen LogP contribution in [-0.2, 0) is 10.0 Å². The third-order valence-electron chi connectivity index (χ3n) is 5.51. The summed E-state index contributed by atoms with van der Waals surface area (Å²) >= 11 is 1.42. The number of thiazole rings is 1. The van der Waals surface area contributed by atoms with Crippen molar-refractivity contribution in [2.45, 2.75) is 30.7 Å². The van der Waals surface area contributed by atoms with E-state index in [1.165, 1.54) is 11.3 Å². The van der Waals surface area contributed by atoms with Crippen LogP contribution in [0.4, 0.5) is 11.4 Å². The smallest absolute Gasteiger partial charge is 0.265 e. The number of piperidine rings is 1. The standard InChI is InChI=1S/C18H21N5O2S2/c1-12-11-19-18(26-12)17-20-15-3-2-14(10-16(15)27(24,25)21-17)23-9-8-22-6-4-13(23)5-7-22/h2-3,10-11,13H,4-9H2,1H3,(H,20,21). The van der Waals surface area contributed by atoms with Gasteiger partial charge >= 0.3 is 0 Å². The molecule has 0 unspecified atom stereocenters. The van der Waals surface area contributed by atoms with Gasteiger partial charge in [-0.25, -0.2) is 18.4 Å². The molecule has 0 radical (unpaired) electrons. The topological polar surface area (TPSA) is 77.9 Å². The number of anilines is 1. The molecule has 27 heavy (non-hydrogen) atoms. The van der Waals surface area contributed by atoms with Gasteiger partial charge in [-0.15, -0.1) is 11.3 Å². The molecule has 7 nitrogen and oxygen atoms in total. The highest BCUT2D eigenvalue weighted by atomic mass is 32.2. The highest BCUT2D eigenvalue weighted by Gasteiger charge is 2.32. The lowest BCUT2D eigenvalue weighted by atomic mass is 10.0. The van der Waals surface area contributed by atoms with E-state index < -0.39 is 10.0 Å². The molecule has 0 spiro atoms. The van der Waals surface area contributed by atoms with Crippen LogP contribution in [0, 0.1) is 6.92 Å². The minimum atomic E-state index is -3.67. The number of aromatic nitrogens is 1. The molecule has 4 aliphatic heterocycles. The third kappa shape index (κ3) is 3.03. The summed E-state index contributed by atoms with van der Waals surface area (Å²) in [6.07, 6.45) is 3.99. The molecular formula is C18H21N5O2S2. The van der Waals surface area contributed by atoms with Crippen molar-refractivity contribution in [2.75, 3.05) is 31.1 Å². The Kier molecular flexibility index (Phi) is 3.99. The fourth-order valence-corrected chi connectivity index (χ4v) is 6.04. The lowest BCUT2D eigenvalue weighted by Crippen LogP contribution is -2.38. The fraction of sp³-hybridized carbons (Fsp3) is 0.444. The fourth-order valence-electron chi connectivity index (χ4n) is 4.10. The Labute approximate surface area is 162 Å². The van der Waals surface area contributed by atoms with Crippen LogP contribution in [0.5, 0.6) is 0 Å². The van der Waals surface area contributed by atoms with E-state index in [9.17, 15) is 8.42 Å². The van der Waals surface area contributed by atoms with E-state index in [1.54, 1.807) is 12.3 Å². The number of aryl methyl sites for hydroxylation is 1. The van der Waals surface area contributed by atoms with Crippen LogP contribution in [0.25, 0.3) is 0 Å². The van der Waals surface area contributed by atoms with Crippen molar-refractivity contribution in [3.63, 3.8) is 0 Å². The SMILES string of the molecule is Cc1cnc(C2=Nc3ccc(N4CCN5CCC4CC5)cc3S(=O)(=O)N2)s1. The van der Waals surface area contributed by atoms with Gasteiger partial charge in [0.05, 0.1) is 5.69 Å². The predicted molar refractivity (Wildman–Crippen MR) is 107 cm³/mol. The lowest BCUT2D eigenvalue weighted by Gasteiger charge is -2.33. The van der Waals surface area contributed by atoms with Gasteiger partial charge in [-0.2, -0.15) is 0 Å². The quantitative estimate of drug-likeness (QED) is 0.831. The van der Waals surface area contributed by atoms with Crippen molar-refractivity contribution in [2.24, 2.45) is 4.99 Å². The maximum atomic E-state index is 12.9. The predicted octanol–water partition coefficient (Wildman–Crippen LogP) is 2.11. The Hall–Kier alpha value is -1.97. The maximum Gasteiger partial charge on any atom is 0.265 e. The van der Waals surface area contributed by atoms with Gasteiger partial charge in [0.25, 0.3) is 10.0 Å². The number of amidine groups is 1. The second-order valence-electron chi connectivity index (χ2n) is 7.26. The van der Waals surface area contributed by atoms with Gasteiger partial charge in [0, 0.05) is 49.0 Å². The molecule has 9 heteroatoms. The van der Waals surface area contributed by atoms with Crippen LogP contribution in [0.1, 0.15) is 22.7 Å². The molecule has 3 saturated heterocycles. The minimum absolute atomic E-state index is 0.246. The zero-order valence-electron chi connectivity index (χ0n) is 15.1. The first-order valence-corrected chi connectivity index (χ1v) is 11.5. The number of fused-ring (bicyclic) bond motifs is 5. The first-order chi connectivity index (χ1) is 13.0. The van der Waals surface area contributed by atoms with Gasteiger partial charge in [0.15, 0.2) is 10.8 Å². The Bertz CT molecular complexity index is 1020. The van der Waals surface area contributed by atoms with Crippen molar-refractivity contribution in [3.05, 3.63) is 34.3 Å². The highest BCUT2D eigenvalue weighted by Crippen LogP contribution is 2.35. The zero-order chi connectivity index (χ0) is 18.6. The van der Waals surface area contributed by atoms with E-state index in [1.807, 2.05) is 19.1 Å². The van der Waals surface area contributed by atoms with Crippen LogP contribution < -0.4 is 9.62 Å². The van der Waals surface area contributed by atoms with Gasteiger partial charge in [-0.05, 0) is 38.0 Å². The lowest BCUT2D eigenvalue weighted by molar-refractivity contribution is 0.250. The molecule has 0 amide bonds. The Morgan fingerprint density at radius 1 is 1.19 bits per heavy atom. The molecular weight excluding hydrogens is 382 g/mol. The number of benzene rings is 1. The Morgan fingerprint density at radius 3 is 2.74 bits per heavy atom. The van der Waals surface area contributed by atoms with Crippen LogP contribution >= 0.6 is 11.3 Å². The largest absolute Gasteiger partial charge is 0.367 e. The van der Waals surface area contributed by atoms with Crippen molar-refractivity contribution >= 4 is 38.6 Å². The Balaban J connectivity index is 1.54. The number of aliphatic imine (C=N–C) groups is 1. The summed E-state index contributed by atoms with van der Waals surface area (Å²) in [5.41, 5.74) is 1.44. The van der Waals surface area contributed by atoms with Crippen LogP contribution in [0.3, 0.4) is 0 Å². The van der Waals surface area contributed by atoms with Crippen LogP contribution in [-0.4, -0.2) is 56.4 Å². The number of hydrogen-bond acceptors (Lipinski definition) is 7. The molecule has 1 aromatic heterocycles. The average molecular weight is 404 g/mol. The summed E-state index contributed by atoms with van der Waals surface area (Å²) in [7, 11) is -3.67. The average Bonchev–Trinajstić information content (AvgIpc) is 2.87. The maximum absolute atomic E-state index is 12.9. The third-order valence-corrected chi connectivity index (χ3v) is 7.79. The summed E-state index contributed by atoms with van der Waals surface area (Å²) in [6.45, 7) is 6.17. The summed E-state index contributed by atoms with van der Waals surface area (Å²) in [5, 5.41) is 0.587. The number of sulfonamides is 1. The Morgan fingerprint density at radius 2 is 2.00 bits per heavy atom. The zero-order valence-corrected chi connectivity index (χ0v) is 16.7. The summed E-state index contributed by atoms with van der Waals surface area (Å²) < 4.78 is 28.4. The molecule has 4 aliphatic rings. The van der Waals surface area contributed by atoms with E-state index in [0.29, 0.717) is 22.6 Å². The summed E-state index contributed by atoms with van der Waals surface area (Å²) in [6, 6.07) is 6.08. The van der Waals surface area contributed by atoms with Crippen molar-refractivity contribution in [1.29, 1.82) is 0 Å². The normalized spacial score (nSPS) is 26.1. The first-order valence-electron chi connectivity index (χ1n) is 9.17. The number of rotatable bonds is 2. The molecule has 2 bridgehead atoms. The molecule has 6 rings (SSSR count). The number of nitrogens with one attached hydrogen (secondary N) is 1. The minimum Gasteiger partial charge on any atom is -0.367 e. The van der Waals surface area contributed by atoms with Crippen molar-refractivity contribution in [1.82, 2.24) is 14.6 Å². The molecule has 1 N–H and O–H groups in total. The van der Waals surface area contributed by atoms with Gasteiger partial charge in [0.1, 0.15) is 4.90 Å². The second kappa shape index (κ2) is 6.29. The van der Waals surface area contributed by atoms with E-state index in [-0.39, 0.29) is 4.90 Å². The monoisotopic (exact) mass is 403 g/mol. The van der Waals surface area contributed by atoms with Crippen molar-refractivity contribution < 1.29 is 8.42 Å². The van der Waals surface area contributed by atoms with E-state index >= 15 is 0 Å². The van der Waals surface area contributed by atoms with Gasteiger partial charge in [0.2, 0.25) is 0 Å². The van der Waals surface area contributed by atoms with E-state index in [4.69, 9.17) is 0 Å². The molecule has 0 aliphatic carbocycles. The summed E-state index contributed by atoms with van der Waals surface area (Å²) in [5.74, 6) is 0.301. The van der Waals surface area contributed by atoms with E-state index in [2.05, 4.69) is 24.5 Å². The van der Waals surface area contributed by atoms with E-state index in [0.717, 1.165) is 49.6 Å². The number of nitrogens with zero attached hydrogens (tertiary/aromatic N) is 4. The first kappa shape index (κ1) is 17.2. The molecule has 3 fully saturated rings. The molecule has 1 aromatic carbocycles. The molecule has 142 valence electrons. The molecule has 0 saturated carbocycles. The van der Waals surface area contributed by atoms with Crippen LogP contribution in [0.2, 0.25) is 0 Å². The highest BCUT2D eigenvalue weighted by molar-refractivity contribution is 7.90. The van der Waals surface area contributed by atoms with Gasteiger partial charge in [-0.3, -0.25) is 4.72 Å². The van der Waals surface area contributed by atoms with Gasteiger partial charge < -0.3 is 9.80 Å². The summed E-state index contributed by atoms with van der Waals surface area (Å²) in [4.78, 5) is 14.9.